The van der Waals surface area contributed by atoms with Crippen LogP contribution >= 0.6 is 11.6 Å². The van der Waals surface area contributed by atoms with Crippen molar-refractivity contribution in [1.82, 2.24) is 0 Å². The van der Waals surface area contributed by atoms with Crippen LogP contribution in [0.2, 0.25) is 5.02 Å². The number of hydrogen-bond donors (Lipinski definition) is 2. The number of rotatable bonds is 4. The third-order valence-electron chi connectivity index (χ3n) is 3.08. The molecular weight excluding hydrogens is 272 g/mol. The van der Waals surface area contributed by atoms with Crippen LogP contribution in [0.4, 0.5) is 11.4 Å². The van der Waals surface area contributed by atoms with Gasteiger partial charge >= 0.3 is 0 Å². The first-order valence-corrected chi connectivity index (χ1v) is 6.83. The molecule has 3 nitrogen and oxygen atoms in total. The van der Waals surface area contributed by atoms with Gasteiger partial charge in [-0.3, -0.25) is 4.79 Å². The van der Waals surface area contributed by atoms with Crippen molar-refractivity contribution in [3.63, 3.8) is 0 Å². The molecule has 0 fully saturated rings. The number of carbonyl (C=O) groups excluding carboxylic acids is 1. The second kappa shape index (κ2) is 6.44. The molecule has 0 saturated heterocycles. The maximum absolute atomic E-state index is 12.0. The van der Waals surface area contributed by atoms with Crippen LogP contribution in [0.25, 0.3) is 0 Å². The number of para-hydroxylation sites is 1. The summed E-state index contributed by atoms with van der Waals surface area (Å²) in [5.74, 6) is -0.0522. The molecule has 2 aromatic rings. The Morgan fingerprint density at radius 3 is 2.70 bits per heavy atom. The quantitative estimate of drug-likeness (QED) is 0.841. The second-order valence-electron chi connectivity index (χ2n) is 4.72. The molecule has 20 heavy (non-hydrogen) atoms. The zero-order valence-electron chi connectivity index (χ0n) is 11.3. The molecule has 0 atom stereocenters. The van der Waals surface area contributed by atoms with Gasteiger partial charge in [-0.15, -0.1) is 0 Å². The first kappa shape index (κ1) is 14.4. The van der Waals surface area contributed by atoms with Gasteiger partial charge in [0.15, 0.2) is 0 Å². The fraction of sp³-hybridized carbons (Fsp3) is 0.188. The van der Waals surface area contributed by atoms with Crippen LogP contribution in [-0.4, -0.2) is 5.91 Å². The standard InChI is InChI=1S/C16H17ClN2O/c1-11-4-2-7-14(17)16(11)19-15(20)9-8-12-5-3-6-13(18)10-12/h2-7,10H,8-9,18H2,1H3,(H,19,20). The van der Waals surface area contributed by atoms with Crippen molar-refractivity contribution in [2.75, 3.05) is 11.1 Å². The van der Waals surface area contributed by atoms with Gasteiger partial charge in [-0.2, -0.15) is 0 Å². The summed E-state index contributed by atoms with van der Waals surface area (Å²) < 4.78 is 0. The Labute approximate surface area is 123 Å². The Balaban J connectivity index is 1.96. The van der Waals surface area contributed by atoms with Gasteiger partial charge in [-0.1, -0.05) is 35.9 Å². The predicted octanol–water partition coefficient (Wildman–Crippen LogP) is 3.80. The molecule has 0 saturated carbocycles. The van der Waals surface area contributed by atoms with Crippen LogP contribution in [0.3, 0.4) is 0 Å². The Morgan fingerprint density at radius 2 is 2.00 bits per heavy atom. The molecule has 0 unspecified atom stereocenters. The lowest BCUT2D eigenvalue weighted by atomic mass is 10.1. The normalized spacial score (nSPS) is 10.3. The van der Waals surface area contributed by atoms with Gasteiger partial charge in [0.05, 0.1) is 10.7 Å². The Bertz CT molecular complexity index is 605. The van der Waals surface area contributed by atoms with Gasteiger partial charge in [0.25, 0.3) is 0 Å². The number of aryl methyl sites for hydroxylation is 2. The van der Waals surface area contributed by atoms with E-state index in [1.807, 2.05) is 43.3 Å². The first-order chi connectivity index (χ1) is 9.56. The maximum Gasteiger partial charge on any atom is 0.224 e. The highest BCUT2D eigenvalue weighted by Crippen LogP contribution is 2.25. The average Bonchev–Trinajstić information content (AvgIpc) is 2.41. The van der Waals surface area contributed by atoms with E-state index in [2.05, 4.69) is 5.32 Å². The maximum atomic E-state index is 12.0. The average molecular weight is 289 g/mol. The summed E-state index contributed by atoms with van der Waals surface area (Å²) in [6.07, 6.45) is 1.05. The van der Waals surface area contributed by atoms with E-state index in [0.717, 1.165) is 11.1 Å². The van der Waals surface area contributed by atoms with Crippen molar-refractivity contribution in [1.29, 1.82) is 0 Å². The number of hydrogen-bond acceptors (Lipinski definition) is 2. The molecule has 2 rings (SSSR count). The molecule has 4 heteroatoms. The molecule has 1 amide bonds. The van der Waals surface area contributed by atoms with Crippen molar-refractivity contribution < 1.29 is 4.79 Å². The largest absolute Gasteiger partial charge is 0.399 e. The van der Waals surface area contributed by atoms with Crippen LogP contribution in [-0.2, 0) is 11.2 Å². The van der Waals surface area contributed by atoms with E-state index in [9.17, 15) is 4.79 Å². The van der Waals surface area contributed by atoms with Crippen molar-refractivity contribution in [2.45, 2.75) is 19.8 Å². The van der Waals surface area contributed by atoms with Gasteiger partial charge < -0.3 is 11.1 Å². The summed E-state index contributed by atoms with van der Waals surface area (Å²) in [6.45, 7) is 1.92. The molecule has 0 radical (unpaired) electrons. The second-order valence-corrected chi connectivity index (χ2v) is 5.13. The number of carbonyl (C=O) groups is 1. The number of nitrogens with two attached hydrogens (primary N) is 1. The van der Waals surface area contributed by atoms with Crippen molar-refractivity contribution >= 4 is 28.9 Å². The number of nitrogens with one attached hydrogen (secondary N) is 1. The highest BCUT2D eigenvalue weighted by molar-refractivity contribution is 6.33. The summed E-state index contributed by atoms with van der Waals surface area (Å²) in [7, 11) is 0. The lowest BCUT2D eigenvalue weighted by Crippen LogP contribution is -2.13. The number of benzene rings is 2. The molecule has 0 aliphatic rings. The third kappa shape index (κ3) is 3.75. The highest BCUT2D eigenvalue weighted by Gasteiger charge is 2.08. The number of amides is 1. The molecular formula is C16H17ClN2O. The van der Waals surface area contributed by atoms with Gasteiger partial charge in [0, 0.05) is 12.1 Å². The van der Waals surface area contributed by atoms with Crippen molar-refractivity contribution in [3.05, 3.63) is 58.6 Å². The van der Waals surface area contributed by atoms with E-state index < -0.39 is 0 Å². The van der Waals surface area contributed by atoms with E-state index in [1.54, 1.807) is 6.07 Å². The summed E-state index contributed by atoms with van der Waals surface area (Å²) in [5, 5.41) is 3.42. The minimum absolute atomic E-state index is 0.0522. The summed E-state index contributed by atoms with van der Waals surface area (Å²) in [5.41, 5.74) is 9.12. The smallest absolute Gasteiger partial charge is 0.224 e. The first-order valence-electron chi connectivity index (χ1n) is 6.45. The van der Waals surface area contributed by atoms with Gasteiger partial charge in [-0.05, 0) is 42.7 Å². The van der Waals surface area contributed by atoms with Gasteiger partial charge in [0.2, 0.25) is 5.91 Å². The van der Waals surface area contributed by atoms with Gasteiger partial charge in [-0.25, -0.2) is 0 Å². The Kier molecular flexibility index (Phi) is 4.64. The topological polar surface area (TPSA) is 55.1 Å². The summed E-state index contributed by atoms with van der Waals surface area (Å²) in [4.78, 5) is 12.0. The fourth-order valence-corrected chi connectivity index (χ4v) is 2.27. The van der Waals surface area contributed by atoms with E-state index in [0.29, 0.717) is 29.2 Å². The lowest BCUT2D eigenvalue weighted by Gasteiger charge is -2.10. The third-order valence-corrected chi connectivity index (χ3v) is 3.39. The monoisotopic (exact) mass is 288 g/mol. The number of halogens is 1. The van der Waals surface area contributed by atoms with Crippen LogP contribution in [0.5, 0.6) is 0 Å². The zero-order valence-corrected chi connectivity index (χ0v) is 12.1. The Morgan fingerprint density at radius 1 is 1.25 bits per heavy atom. The minimum Gasteiger partial charge on any atom is -0.399 e. The SMILES string of the molecule is Cc1cccc(Cl)c1NC(=O)CCc1cccc(N)c1. The highest BCUT2D eigenvalue weighted by atomic mass is 35.5. The molecule has 0 spiro atoms. The molecule has 0 aliphatic carbocycles. The minimum atomic E-state index is -0.0522. The van der Waals surface area contributed by atoms with E-state index >= 15 is 0 Å². The van der Waals surface area contributed by atoms with Crippen LogP contribution < -0.4 is 11.1 Å². The van der Waals surface area contributed by atoms with Crippen molar-refractivity contribution in [3.8, 4) is 0 Å². The molecule has 0 aromatic heterocycles. The molecule has 104 valence electrons. The predicted molar refractivity (Wildman–Crippen MR) is 84.0 cm³/mol. The Hall–Kier alpha value is -2.00. The molecule has 3 N–H and O–H groups in total. The van der Waals surface area contributed by atoms with Crippen LogP contribution in [0.15, 0.2) is 42.5 Å². The van der Waals surface area contributed by atoms with Crippen LogP contribution in [0, 0.1) is 6.92 Å². The molecule has 2 aromatic carbocycles. The van der Waals surface area contributed by atoms with Crippen molar-refractivity contribution in [2.24, 2.45) is 0 Å². The van der Waals surface area contributed by atoms with E-state index in [1.165, 1.54) is 0 Å². The molecule has 0 bridgehead atoms. The summed E-state index contributed by atoms with van der Waals surface area (Å²) >= 11 is 6.08. The summed E-state index contributed by atoms with van der Waals surface area (Å²) in [6, 6.07) is 13.1. The van der Waals surface area contributed by atoms with E-state index in [4.69, 9.17) is 17.3 Å². The molecule has 0 heterocycles. The number of anilines is 2. The van der Waals surface area contributed by atoms with Crippen LogP contribution in [0.1, 0.15) is 17.5 Å². The van der Waals surface area contributed by atoms with Gasteiger partial charge in [0.1, 0.15) is 0 Å². The molecule has 0 aliphatic heterocycles. The van der Waals surface area contributed by atoms with E-state index in [-0.39, 0.29) is 5.91 Å². The number of nitrogen functional groups attached to an aromatic ring is 1. The zero-order chi connectivity index (χ0) is 14.5. The lowest BCUT2D eigenvalue weighted by molar-refractivity contribution is -0.116. The fourth-order valence-electron chi connectivity index (χ4n) is 2.00.